The average molecular weight is 286 g/mol. The Kier molecular flexibility index (Phi) is 15.2. The Hall–Kier alpha value is -0.120. The van der Waals surface area contributed by atoms with Gasteiger partial charge in [0.2, 0.25) is 0 Å². The van der Waals surface area contributed by atoms with Gasteiger partial charge in [-0.3, -0.25) is 0 Å². The second-order valence-corrected chi connectivity index (χ2v) is 6.43. The molecule has 0 aliphatic rings. The molecular formula is C17H39N3. The van der Waals surface area contributed by atoms with Crippen LogP contribution in [0.5, 0.6) is 0 Å². The summed E-state index contributed by atoms with van der Waals surface area (Å²) in [7, 11) is 0. The van der Waals surface area contributed by atoms with Gasteiger partial charge in [0.25, 0.3) is 0 Å². The summed E-state index contributed by atoms with van der Waals surface area (Å²) in [5.41, 5.74) is 11.2. The van der Waals surface area contributed by atoms with Crippen LogP contribution < -0.4 is 11.5 Å². The van der Waals surface area contributed by atoms with Crippen LogP contribution in [0.4, 0.5) is 0 Å². The lowest BCUT2D eigenvalue weighted by Crippen LogP contribution is -2.34. The zero-order valence-electron chi connectivity index (χ0n) is 14.1. The highest BCUT2D eigenvalue weighted by atomic mass is 15.1. The van der Waals surface area contributed by atoms with Crippen molar-refractivity contribution in [1.82, 2.24) is 4.90 Å². The van der Waals surface area contributed by atoms with Crippen molar-refractivity contribution in [2.24, 2.45) is 17.4 Å². The molecule has 3 heteroatoms. The third-order valence-corrected chi connectivity index (χ3v) is 3.90. The number of hydrogen-bond acceptors (Lipinski definition) is 3. The van der Waals surface area contributed by atoms with Gasteiger partial charge in [-0.2, -0.15) is 0 Å². The van der Waals surface area contributed by atoms with Crippen LogP contribution in [0.2, 0.25) is 0 Å². The topological polar surface area (TPSA) is 55.3 Å². The van der Waals surface area contributed by atoms with Crippen LogP contribution in [-0.2, 0) is 0 Å². The number of unbranched alkanes of at least 4 members (excludes halogenated alkanes) is 7. The van der Waals surface area contributed by atoms with Crippen molar-refractivity contribution in [3.05, 3.63) is 0 Å². The minimum absolute atomic E-state index is 0.746. The van der Waals surface area contributed by atoms with E-state index in [0.717, 1.165) is 32.1 Å². The summed E-state index contributed by atoms with van der Waals surface area (Å²) in [4.78, 5) is 2.39. The van der Waals surface area contributed by atoms with Crippen molar-refractivity contribution in [3.8, 4) is 0 Å². The van der Waals surface area contributed by atoms with Gasteiger partial charge in [0, 0.05) is 26.2 Å². The first kappa shape index (κ1) is 19.9. The lowest BCUT2D eigenvalue weighted by Gasteiger charge is -2.20. The highest BCUT2D eigenvalue weighted by Crippen LogP contribution is 2.12. The van der Waals surface area contributed by atoms with Gasteiger partial charge in [-0.25, -0.2) is 0 Å². The molecule has 0 aliphatic carbocycles. The molecule has 3 nitrogen and oxygen atoms in total. The van der Waals surface area contributed by atoms with Gasteiger partial charge in [0.05, 0.1) is 0 Å². The molecule has 0 atom stereocenters. The minimum Gasteiger partial charge on any atom is -0.329 e. The second-order valence-electron chi connectivity index (χ2n) is 6.43. The normalized spacial score (nSPS) is 11.7. The molecular weight excluding hydrogens is 246 g/mol. The Morgan fingerprint density at radius 1 is 0.650 bits per heavy atom. The van der Waals surface area contributed by atoms with E-state index in [4.69, 9.17) is 11.5 Å². The van der Waals surface area contributed by atoms with Gasteiger partial charge in [0.1, 0.15) is 0 Å². The van der Waals surface area contributed by atoms with Crippen LogP contribution in [0.1, 0.15) is 71.6 Å². The van der Waals surface area contributed by atoms with Gasteiger partial charge in [-0.15, -0.1) is 0 Å². The van der Waals surface area contributed by atoms with Gasteiger partial charge in [-0.05, 0) is 18.9 Å². The molecule has 0 saturated carbocycles. The molecule has 0 aromatic heterocycles. The summed E-state index contributed by atoms with van der Waals surface area (Å²) < 4.78 is 0. The molecule has 0 aliphatic heterocycles. The van der Waals surface area contributed by atoms with E-state index in [1.54, 1.807) is 0 Å². The van der Waals surface area contributed by atoms with Crippen molar-refractivity contribution >= 4 is 0 Å². The fraction of sp³-hybridized carbons (Fsp3) is 1.00. The standard InChI is InChI=1S/C17H39N3/c1-17(2)11-9-7-5-3-4-6-8-10-14-20(15-12-18)16-13-19/h17H,3-16,18-19H2,1-2H3. The highest BCUT2D eigenvalue weighted by Gasteiger charge is 2.01. The summed E-state index contributed by atoms with van der Waals surface area (Å²) >= 11 is 0. The maximum atomic E-state index is 5.61. The van der Waals surface area contributed by atoms with E-state index in [0.29, 0.717) is 0 Å². The number of nitrogens with zero attached hydrogens (tertiary/aromatic N) is 1. The van der Waals surface area contributed by atoms with Crippen LogP contribution in [0.25, 0.3) is 0 Å². The molecule has 0 aromatic rings. The Bertz CT molecular complexity index is 177. The van der Waals surface area contributed by atoms with Crippen LogP contribution in [0.3, 0.4) is 0 Å². The Labute approximate surface area is 127 Å². The van der Waals surface area contributed by atoms with E-state index in [9.17, 15) is 0 Å². The Balaban J connectivity index is 3.22. The first-order valence-corrected chi connectivity index (χ1v) is 8.83. The molecule has 0 aromatic carbocycles. The third kappa shape index (κ3) is 14.3. The van der Waals surface area contributed by atoms with Crippen molar-refractivity contribution in [2.45, 2.75) is 71.6 Å². The fourth-order valence-electron chi connectivity index (χ4n) is 2.65. The Morgan fingerprint density at radius 3 is 1.55 bits per heavy atom. The van der Waals surface area contributed by atoms with E-state index >= 15 is 0 Å². The van der Waals surface area contributed by atoms with E-state index < -0.39 is 0 Å². The third-order valence-electron chi connectivity index (χ3n) is 3.90. The summed E-state index contributed by atoms with van der Waals surface area (Å²) in [5, 5.41) is 0. The Morgan fingerprint density at radius 2 is 1.10 bits per heavy atom. The van der Waals surface area contributed by atoms with E-state index in [2.05, 4.69) is 18.7 Å². The lowest BCUT2D eigenvalue weighted by molar-refractivity contribution is 0.281. The largest absolute Gasteiger partial charge is 0.329 e. The van der Waals surface area contributed by atoms with E-state index in [1.807, 2.05) is 0 Å². The van der Waals surface area contributed by atoms with Crippen LogP contribution in [0.15, 0.2) is 0 Å². The van der Waals surface area contributed by atoms with Crippen molar-refractivity contribution in [3.63, 3.8) is 0 Å². The molecule has 0 fully saturated rings. The number of nitrogens with two attached hydrogens (primary N) is 2. The molecule has 0 spiro atoms. The van der Waals surface area contributed by atoms with Gasteiger partial charge in [-0.1, -0.05) is 65.2 Å². The second kappa shape index (κ2) is 15.3. The van der Waals surface area contributed by atoms with E-state index in [1.165, 1.54) is 64.3 Å². The first-order valence-electron chi connectivity index (χ1n) is 8.83. The van der Waals surface area contributed by atoms with Gasteiger partial charge in [0.15, 0.2) is 0 Å². The molecule has 0 radical (unpaired) electrons. The van der Waals surface area contributed by atoms with Gasteiger partial charge < -0.3 is 16.4 Å². The zero-order valence-corrected chi connectivity index (χ0v) is 14.1. The van der Waals surface area contributed by atoms with Crippen molar-refractivity contribution in [1.29, 1.82) is 0 Å². The fourth-order valence-corrected chi connectivity index (χ4v) is 2.65. The summed E-state index contributed by atoms with van der Waals surface area (Å²) in [5.74, 6) is 0.875. The summed E-state index contributed by atoms with van der Waals surface area (Å²) in [6.45, 7) is 9.28. The van der Waals surface area contributed by atoms with Crippen molar-refractivity contribution < 1.29 is 0 Å². The van der Waals surface area contributed by atoms with E-state index in [-0.39, 0.29) is 0 Å². The molecule has 0 bridgehead atoms. The maximum absolute atomic E-state index is 5.61. The molecule has 0 heterocycles. The molecule has 0 saturated heterocycles. The summed E-state index contributed by atoms with van der Waals surface area (Å²) in [6.07, 6.45) is 12.6. The van der Waals surface area contributed by atoms with Crippen LogP contribution in [0, 0.1) is 5.92 Å². The highest BCUT2D eigenvalue weighted by molar-refractivity contribution is 4.59. The van der Waals surface area contributed by atoms with Crippen LogP contribution in [-0.4, -0.2) is 37.6 Å². The van der Waals surface area contributed by atoms with Crippen LogP contribution >= 0.6 is 0 Å². The molecule has 4 N–H and O–H groups in total. The quantitative estimate of drug-likeness (QED) is 0.454. The molecule has 0 amide bonds. The number of rotatable bonds is 15. The lowest BCUT2D eigenvalue weighted by atomic mass is 10.0. The number of hydrogen-bond donors (Lipinski definition) is 2. The monoisotopic (exact) mass is 285 g/mol. The molecule has 0 rings (SSSR count). The van der Waals surface area contributed by atoms with Gasteiger partial charge >= 0.3 is 0 Å². The zero-order chi connectivity index (χ0) is 15.1. The molecule has 0 unspecified atom stereocenters. The predicted octanol–water partition coefficient (Wildman–Crippen LogP) is 3.37. The average Bonchev–Trinajstić information content (AvgIpc) is 2.41. The maximum Gasteiger partial charge on any atom is 0.0105 e. The molecule has 122 valence electrons. The van der Waals surface area contributed by atoms with Crippen molar-refractivity contribution in [2.75, 3.05) is 32.7 Å². The minimum atomic E-state index is 0.746. The predicted molar refractivity (Wildman–Crippen MR) is 90.9 cm³/mol. The summed E-state index contributed by atoms with van der Waals surface area (Å²) in [6, 6.07) is 0. The smallest absolute Gasteiger partial charge is 0.0105 e. The first-order chi connectivity index (χ1) is 9.70. The molecule has 20 heavy (non-hydrogen) atoms. The SMILES string of the molecule is CC(C)CCCCCCCCCCN(CCN)CCN.